The number of amides is 1. The molecular formula is C19H22N2O6. The van der Waals surface area contributed by atoms with E-state index >= 15 is 0 Å². The predicted octanol–water partition coefficient (Wildman–Crippen LogP) is 2.14. The van der Waals surface area contributed by atoms with Crippen LogP contribution in [0.2, 0.25) is 0 Å². The van der Waals surface area contributed by atoms with E-state index in [0.717, 1.165) is 0 Å². The van der Waals surface area contributed by atoms with E-state index in [1.165, 1.54) is 13.2 Å². The largest absolute Gasteiger partial charge is 0.492 e. The van der Waals surface area contributed by atoms with E-state index in [2.05, 4.69) is 10.3 Å². The lowest BCUT2D eigenvalue weighted by atomic mass is 10.1. The van der Waals surface area contributed by atoms with Crippen molar-refractivity contribution in [2.75, 3.05) is 32.2 Å². The number of benzene rings is 1. The highest BCUT2D eigenvalue weighted by atomic mass is 16.6. The summed E-state index contributed by atoms with van der Waals surface area (Å²) in [6.45, 7) is 4.12. The number of nitrogens with one attached hydrogen (secondary N) is 2. The van der Waals surface area contributed by atoms with Crippen LogP contribution in [0, 0.1) is 6.92 Å². The molecule has 0 bridgehead atoms. The van der Waals surface area contributed by atoms with Crippen molar-refractivity contribution in [3.05, 3.63) is 57.5 Å². The van der Waals surface area contributed by atoms with E-state index in [4.69, 9.17) is 14.2 Å². The van der Waals surface area contributed by atoms with Crippen molar-refractivity contribution in [2.24, 2.45) is 0 Å². The standard InChI is InChI=1S/C19H22N2O6/c1-4-26-16-8-6-5-7-15(16)21-18(23)14-11-13(12(2)20-17(14)22)19(24)27-10-9-25-3/h5-8,11H,4,9-10H2,1-3H3,(H,20,22)(H,21,23). The van der Waals surface area contributed by atoms with E-state index in [1.807, 2.05) is 6.92 Å². The Morgan fingerprint density at radius 1 is 1.15 bits per heavy atom. The first-order valence-electron chi connectivity index (χ1n) is 8.41. The number of aromatic nitrogens is 1. The van der Waals surface area contributed by atoms with Crippen LogP contribution in [-0.4, -0.2) is 43.8 Å². The van der Waals surface area contributed by atoms with E-state index in [1.54, 1.807) is 31.2 Å². The zero-order valence-electron chi connectivity index (χ0n) is 15.5. The van der Waals surface area contributed by atoms with Gasteiger partial charge in [0.1, 0.15) is 17.9 Å². The van der Waals surface area contributed by atoms with Gasteiger partial charge in [0.25, 0.3) is 11.5 Å². The van der Waals surface area contributed by atoms with Gasteiger partial charge in [-0.2, -0.15) is 0 Å². The first-order valence-corrected chi connectivity index (χ1v) is 8.41. The van der Waals surface area contributed by atoms with Gasteiger partial charge in [-0.15, -0.1) is 0 Å². The summed E-state index contributed by atoms with van der Waals surface area (Å²) in [6, 6.07) is 8.09. The van der Waals surface area contributed by atoms with Crippen LogP contribution in [0.15, 0.2) is 35.1 Å². The number of aromatic amines is 1. The topological polar surface area (TPSA) is 107 Å². The molecule has 0 atom stereocenters. The fourth-order valence-corrected chi connectivity index (χ4v) is 2.34. The molecule has 0 spiro atoms. The molecule has 0 radical (unpaired) electrons. The zero-order chi connectivity index (χ0) is 19.8. The third-order valence-electron chi connectivity index (χ3n) is 3.66. The van der Waals surface area contributed by atoms with Crippen LogP contribution in [-0.2, 0) is 9.47 Å². The normalized spacial score (nSPS) is 10.3. The lowest BCUT2D eigenvalue weighted by Crippen LogP contribution is -2.26. The van der Waals surface area contributed by atoms with Gasteiger partial charge in [-0.25, -0.2) is 4.79 Å². The number of H-pyrrole nitrogens is 1. The number of anilines is 1. The summed E-state index contributed by atoms with van der Waals surface area (Å²) in [5.41, 5.74) is 0.0362. The Morgan fingerprint density at radius 3 is 2.59 bits per heavy atom. The number of esters is 1. The third-order valence-corrected chi connectivity index (χ3v) is 3.66. The highest BCUT2D eigenvalue weighted by Gasteiger charge is 2.19. The number of methoxy groups -OCH3 is 1. The van der Waals surface area contributed by atoms with Crippen LogP contribution in [0.3, 0.4) is 0 Å². The van der Waals surface area contributed by atoms with Gasteiger partial charge in [-0.1, -0.05) is 12.1 Å². The summed E-state index contributed by atoms with van der Waals surface area (Å²) in [5.74, 6) is -0.824. The third kappa shape index (κ3) is 5.18. The molecule has 1 heterocycles. The highest BCUT2D eigenvalue weighted by Crippen LogP contribution is 2.24. The van der Waals surface area contributed by atoms with E-state index in [-0.39, 0.29) is 24.3 Å². The second-order valence-electron chi connectivity index (χ2n) is 5.56. The minimum absolute atomic E-state index is 0.0666. The molecule has 1 aromatic carbocycles. The molecule has 2 aromatic rings. The number of pyridine rings is 1. The maximum absolute atomic E-state index is 12.6. The van der Waals surface area contributed by atoms with Gasteiger partial charge < -0.3 is 24.5 Å². The fraction of sp³-hybridized carbons (Fsp3) is 0.316. The minimum atomic E-state index is -0.658. The molecule has 0 saturated heterocycles. The second kappa shape index (κ2) is 9.54. The number of rotatable bonds is 8. The van der Waals surface area contributed by atoms with Crippen LogP contribution in [0.5, 0.6) is 5.75 Å². The molecule has 144 valence electrons. The number of carbonyl (C=O) groups excluding carboxylic acids is 2. The zero-order valence-corrected chi connectivity index (χ0v) is 15.5. The fourth-order valence-electron chi connectivity index (χ4n) is 2.34. The maximum atomic E-state index is 12.6. The van der Waals surface area contributed by atoms with Crippen LogP contribution in [0.1, 0.15) is 33.3 Å². The molecule has 0 unspecified atom stereocenters. The maximum Gasteiger partial charge on any atom is 0.340 e. The Hall–Kier alpha value is -3.13. The molecule has 1 amide bonds. The summed E-state index contributed by atoms with van der Waals surface area (Å²) in [5, 5.41) is 2.63. The van der Waals surface area contributed by atoms with E-state index < -0.39 is 17.4 Å². The van der Waals surface area contributed by atoms with Crippen molar-refractivity contribution in [3.8, 4) is 5.75 Å². The molecule has 2 rings (SSSR count). The average molecular weight is 374 g/mol. The Morgan fingerprint density at radius 2 is 1.89 bits per heavy atom. The van der Waals surface area contributed by atoms with Crippen molar-refractivity contribution >= 4 is 17.6 Å². The molecule has 0 aliphatic rings. The minimum Gasteiger partial charge on any atom is -0.492 e. The van der Waals surface area contributed by atoms with Crippen LogP contribution in [0.25, 0.3) is 0 Å². The first kappa shape index (κ1) is 20.2. The van der Waals surface area contributed by atoms with Crippen molar-refractivity contribution in [1.82, 2.24) is 4.98 Å². The van der Waals surface area contributed by atoms with E-state index in [9.17, 15) is 14.4 Å². The first-order chi connectivity index (χ1) is 13.0. The Kier molecular flexibility index (Phi) is 7.13. The van der Waals surface area contributed by atoms with Gasteiger partial charge in [-0.05, 0) is 32.0 Å². The molecule has 27 heavy (non-hydrogen) atoms. The number of para-hydroxylation sites is 2. The highest BCUT2D eigenvalue weighted by molar-refractivity contribution is 6.06. The summed E-state index contributed by atoms with van der Waals surface area (Å²) in [7, 11) is 1.49. The van der Waals surface area contributed by atoms with Crippen molar-refractivity contribution in [3.63, 3.8) is 0 Å². The lowest BCUT2D eigenvalue weighted by Gasteiger charge is -2.12. The lowest BCUT2D eigenvalue weighted by molar-refractivity contribution is 0.0386. The average Bonchev–Trinajstić information content (AvgIpc) is 2.63. The van der Waals surface area contributed by atoms with Crippen LogP contribution in [0.4, 0.5) is 5.69 Å². The Balaban J connectivity index is 2.27. The molecular weight excluding hydrogens is 352 g/mol. The van der Waals surface area contributed by atoms with Gasteiger partial charge in [0, 0.05) is 12.8 Å². The van der Waals surface area contributed by atoms with Gasteiger partial charge in [-0.3, -0.25) is 9.59 Å². The van der Waals surface area contributed by atoms with Gasteiger partial charge >= 0.3 is 5.97 Å². The predicted molar refractivity (Wildman–Crippen MR) is 99.5 cm³/mol. The number of carbonyl (C=O) groups is 2. The van der Waals surface area contributed by atoms with Gasteiger partial charge in [0.15, 0.2) is 0 Å². The summed E-state index contributed by atoms with van der Waals surface area (Å²) in [4.78, 5) is 39.5. The second-order valence-corrected chi connectivity index (χ2v) is 5.56. The number of ether oxygens (including phenoxy) is 3. The molecule has 8 nitrogen and oxygen atoms in total. The van der Waals surface area contributed by atoms with E-state index in [0.29, 0.717) is 23.7 Å². The molecule has 0 saturated carbocycles. The Labute approximate surface area is 156 Å². The monoisotopic (exact) mass is 374 g/mol. The quantitative estimate of drug-likeness (QED) is 0.542. The molecule has 8 heteroatoms. The molecule has 0 aliphatic heterocycles. The molecule has 0 aliphatic carbocycles. The molecule has 0 fully saturated rings. The van der Waals surface area contributed by atoms with Gasteiger partial charge in [0.05, 0.1) is 24.5 Å². The Bertz CT molecular complexity index is 875. The smallest absolute Gasteiger partial charge is 0.340 e. The van der Waals surface area contributed by atoms with Crippen LogP contribution < -0.4 is 15.6 Å². The van der Waals surface area contributed by atoms with Crippen molar-refractivity contribution < 1.29 is 23.8 Å². The summed E-state index contributed by atoms with van der Waals surface area (Å²) >= 11 is 0. The summed E-state index contributed by atoms with van der Waals surface area (Å²) in [6.07, 6.45) is 0. The van der Waals surface area contributed by atoms with Crippen molar-refractivity contribution in [1.29, 1.82) is 0 Å². The number of hydrogen-bond acceptors (Lipinski definition) is 6. The SMILES string of the molecule is CCOc1ccccc1NC(=O)c1cc(C(=O)OCCOC)c(C)[nH]c1=O. The summed E-state index contributed by atoms with van der Waals surface area (Å²) < 4.78 is 15.3. The number of hydrogen-bond donors (Lipinski definition) is 2. The number of aryl methyl sites for hydroxylation is 1. The van der Waals surface area contributed by atoms with Gasteiger partial charge in [0.2, 0.25) is 0 Å². The molecule has 2 N–H and O–H groups in total. The molecule has 1 aromatic heterocycles. The van der Waals surface area contributed by atoms with Crippen molar-refractivity contribution in [2.45, 2.75) is 13.8 Å². The van der Waals surface area contributed by atoms with Crippen LogP contribution >= 0.6 is 0 Å².